The van der Waals surface area contributed by atoms with Gasteiger partial charge in [-0.1, -0.05) is 19.8 Å². The van der Waals surface area contributed by atoms with E-state index in [-0.39, 0.29) is 11.8 Å². The normalized spacial score (nSPS) is 18.8. The van der Waals surface area contributed by atoms with Crippen LogP contribution < -0.4 is 0 Å². The Hall–Kier alpha value is -0.900. The van der Waals surface area contributed by atoms with E-state index in [4.69, 9.17) is 5.11 Å². The third-order valence-electron chi connectivity index (χ3n) is 3.37. The van der Waals surface area contributed by atoms with Gasteiger partial charge in [-0.2, -0.15) is 0 Å². The number of carboxylic acid groups (broad SMARTS) is 1. The zero-order valence-corrected chi connectivity index (χ0v) is 10.3. The number of aromatic nitrogens is 1. The maximum absolute atomic E-state index is 10.5. The summed E-state index contributed by atoms with van der Waals surface area (Å²) < 4.78 is 0. The SMILES string of the molecule is CC1(c2nc(CCC(=O)O)cs2)CCCC1. The Morgan fingerprint density at radius 3 is 2.88 bits per heavy atom. The Morgan fingerprint density at radius 2 is 2.25 bits per heavy atom. The molecule has 0 aliphatic heterocycles. The summed E-state index contributed by atoms with van der Waals surface area (Å²) in [6.45, 7) is 2.28. The minimum Gasteiger partial charge on any atom is -0.481 e. The van der Waals surface area contributed by atoms with Gasteiger partial charge in [0, 0.05) is 17.2 Å². The van der Waals surface area contributed by atoms with Crippen LogP contribution in [-0.4, -0.2) is 16.1 Å². The molecule has 16 heavy (non-hydrogen) atoms. The highest BCUT2D eigenvalue weighted by Gasteiger charge is 2.33. The summed E-state index contributed by atoms with van der Waals surface area (Å²) in [7, 11) is 0. The molecule has 88 valence electrons. The molecule has 0 saturated heterocycles. The van der Waals surface area contributed by atoms with Crippen LogP contribution in [-0.2, 0) is 16.6 Å². The van der Waals surface area contributed by atoms with Crippen LogP contribution in [0.25, 0.3) is 0 Å². The van der Waals surface area contributed by atoms with Crippen LogP contribution in [0.2, 0.25) is 0 Å². The van der Waals surface area contributed by atoms with Crippen molar-refractivity contribution in [1.29, 1.82) is 0 Å². The van der Waals surface area contributed by atoms with Crippen LogP contribution >= 0.6 is 11.3 Å². The number of hydrogen-bond acceptors (Lipinski definition) is 3. The summed E-state index contributed by atoms with van der Waals surface area (Å²) in [5.41, 5.74) is 1.20. The Bertz CT molecular complexity index is 380. The van der Waals surface area contributed by atoms with Gasteiger partial charge < -0.3 is 5.11 Å². The fraction of sp³-hybridized carbons (Fsp3) is 0.667. The first kappa shape index (κ1) is 11.6. The molecule has 0 aromatic carbocycles. The fourth-order valence-corrected chi connectivity index (χ4v) is 3.38. The van der Waals surface area contributed by atoms with Crippen molar-refractivity contribution < 1.29 is 9.90 Å². The fourth-order valence-electron chi connectivity index (χ4n) is 2.30. The second-order valence-electron chi connectivity index (χ2n) is 4.81. The van der Waals surface area contributed by atoms with Crippen LogP contribution in [0.3, 0.4) is 0 Å². The van der Waals surface area contributed by atoms with Gasteiger partial charge in [0.1, 0.15) is 0 Å². The second-order valence-corrected chi connectivity index (χ2v) is 5.66. The topological polar surface area (TPSA) is 50.2 Å². The minimum absolute atomic E-state index is 0.180. The number of carboxylic acids is 1. The Kier molecular flexibility index (Phi) is 3.28. The molecule has 1 saturated carbocycles. The number of hydrogen-bond donors (Lipinski definition) is 1. The predicted molar refractivity (Wildman–Crippen MR) is 63.9 cm³/mol. The van der Waals surface area contributed by atoms with Crippen molar-refractivity contribution in [3.8, 4) is 0 Å². The lowest BCUT2D eigenvalue weighted by Gasteiger charge is -2.19. The van der Waals surface area contributed by atoms with Gasteiger partial charge in [0.2, 0.25) is 0 Å². The summed E-state index contributed by atoms with van der Waals surface area (Å²) in [6, 6.07) is 0. The molecule has 0 bridgehead atoms. The highest BCUT2D eigenvalue weighted by atomic mass is 32.1. The Morgan fingerprint density at radius 1 is 1.56 bits per heavy atom. The minimum atomic E-state index is -0.748. The summed E-state index contributed by atoms with van der Waals surface area (Å²) in [4.78, 5) is 15.1. The van der Waals surface area contributed by atoms with Crippen molar-refractivity contribution in [2.45, 2.75) is 50.9 Å². The van der Waals surface area contributed by atoms with Gasteiger partial charge in [0.05, 0.1) is 17.1 Å². The number of aliphatic carboxylic acids is 1. The monoisotopic (exact) mass is 239 g/mol. The van der Waals surface area contributed by atoms with E-state index in [0.717, 1.165) is 5.69 Å². The molecule has 1 fully saturated rings. The van der Waals surface area contributed by atoms with Crippen molar-refractivity contribution in [3.63, 3.8) is 0 Å². The average Bonchev–Trinajstić information content (AvgIpc) is 2.84. The molecular formula is C12H17NO2S. The molecule has 1 aliphatic carbocycles. The van der Waals surface area contributed by atoms with Crippen molar-refractivity contribution >= 4 is 17.3 Å². The van der Waals surface area contributed by atoms with E-state index >= 15 is 0 Å². The summed E-state index contributed by atoms with van der Waals surface area (Å²) in [5, 5.41) is 11.8. The van der Waals surface area contributed by atoms with Crippen LogP contribution in [0.15, 0.2) is 5.38 Å². The predicted octanol–water partition coefficient (Wildman–Crippen LogP) is 2.99. The molecular weight excluding hydrogens is 222 g/mol. The second kappa shape index (κ2) is 4.53. The van der Waals surface area contributed by atoms with Gasteiger partial charge in [-0.05, 0) is 12.8 Å². The number of nitrogens with zero attached hydrogens (tertiary/aromatic N) is 1. The van der Waals surface area contributed by atoms with E-state index in [0.29, 0.717) is 6.42 Å². The van der Waals surface area contributed by atoms with E-state index in [1.54, 1.807) is 11.3 Å². The number of thiazole rings is 1. The van der Waals surface area contributed by atoms with Crippen molar-refractivity contribution in [2.24, 2.45) is 0 Å². The van der Waals surface area contributed by atoms with E-state index in [1.165, 1.54) is 30.7 Å². The van der Waals surface area contributed by atoms with Gasteiger partial charge >= 0.3 is 5.97 Å². The van der Waals surface area contributed by atoms with Gasteiger partial charge in [-0.15, -0.1) is 11.3 Å². The van der Waals surface area contributed by atoms with Gasteiger partial charge in [0.15, 0.2) is 0 Å². The summed E-state index contributed by atoms with van der Waals surface area (Å²) >= 11 is 1.69. The van der Waals surface area contributed by atoms with Crippen LogP contribution in [0.5, 0.6) is 0 Å². The summed E-state index contributed by atoms with van der Waals surface area (Å²) in [6.07, 6.45) is 5.76. The lowest BCUT2D eigenvalue weighted by Crippen LogP contribution is -2.16. The molecule has 1 aromatic rings. The van der Waals surface area contributed by atoms with Crippen molar-refractivity contribution in [3.05, 3.63) is 16.1 Å². The van der Waals surface area contributed by atoms with E-state index in [2.05, 4.69) is 11.9 Å². The number of rotatable bonds is 4. The quantitative estimate of drug-likeness (QED) is 0.878. The molecule has 4 heteroatoms. The van der Waals surface area contributed by atoms with Gasteiger partial charge in [-0.25, -0.2) is 4.98 Å². The third-order valence-corrected chi connectivity index (χ3v) is 4.57. The highest BCUT2D eigenvalue weighted by molar-refractivity contribution is 7.09. The van der Waals surface area contributed by atoms with Crippen LogP contribution in [0, 0.1) is 0 Å². The third kappa shape index (κ3) is 2.43. The molecule has 0 atom stereocenters. The average molecular weight is 239 g/mol. The number of aryl methyl sites for hydroxylation is 1. The van der Waals surface area contributed by atoms with Crippen molar-refractivity contribution in [2.75, 3.05) is 0 Å². The lowest BCUT2D eigenvalue weighted by molar-refractivity contribution is -0.136. The molecule has 1 heterocycles. The molecule has 1 N–H and O–H groups in total. The van der Waals surface area contributed by atoms with E-state index in [1.807, 2.05) is 5.38 Å². The molecule has 1 aromatic heterocycles. The van der Waals surface area contributed by atoms with E-state index < -0.39 is 5.97 Å². The molecule has 0 amide bonds. The maximum atomic E-state index is 10.5. The largest absolute Gasteiger partial charge is 0.481 e. The molecule has 3 nitrogen and oxygen atoms in total. The Balaban J connectivity index is 2.04. The first-order chi connectivity index (χ1) is 7.60. The van der Waals surface area contributed by atoms with Gasteiger partial charge in [-0.3, -0.25) is 4.79 Å². The van der Waals surface area contributed by atoms with Crippen molar-refractivity contribution in [1.82, 2.24) is 4.98 Å². The first-order valence-corrected chi connectivity index (χ1v) is 6.65. The standard InChI is InChI=1S/C12H17NO2S/c1-12(6-2-3-7-12)11-13-9(8-16-11)4-5-10(14)15/h8H,2-7H2,1H3,(H,14,15). The number of carbonyl (C=O) groups is 1. The van der Waals surface area contributed by atoms with Crippen LogP contribution in [0.1, 0.15) is 49.7 Å². The lowest BCUT2D eigenvalue weighted by atomic mass is 9.90. The zero-order chi connectivity index (χ0) is 11.6. The Labute approximate surface area is 99.5 Å². The highest BCUT2D eigenvalue weighted by Crippen LogP contribution is 2.41. The van der Waals surface area contributed by atoms with Crippen LogP contribution in [0.4, 0.5) is 0 Å². The summed E-state index contributed by atoms with van der Waals surface area (Å²) in [5.74, 6) is -0.748. The van der Waals surface area contributed by atoms with Gasteiger partial charge in [0.25, 0.3) is 0 Å². The molecule has 0 unspecified atom stereocenters. The molecule has 2 rings (SSSR count). The first-order valence-electron chi connectivity index (χ1n) is 5.77. The smallest absolute Gasteiger partial charge is 0.303 e. The molecule has 0 spiro atoms. The molecule has 0 radical (unpaired) electrons. The van der Waals surface area contributed by atoms with E-state index in [9.17, 15) is 4.79 Å². The zero-order valence-electron chi connectivity index (χ0n) is 9.53. The molecule has 1 aliphatic rings. The maximum Gasteiger partial charge on any atom is 0.303 e.